The molecule has 0 radical (unpaired) electrons. The van der Waals surface area contributed by atoms with Crippen molar-refractivity contribution in [3.05, 3.63) is 108 Å². The molecule has 1 atom stereocenters. The fourth-order valence-electron chi connectivity index (χ4n) is 2.49. The molecule has 0 amide bonds. The van der Waals surface area contributed by atoms with Gasteiger partial charge in [-0.05, 0) is 23.3 Å². The number of rotatable bonds is 5. The highest BCUT2D eigenvalue weighted by atomic mass is 16.5. The van der Waals surface area contributed by atoms with Crippen molar-refractivity contribution in [2.24, 2.45) is 0 Å². The van der Waals surface area contributed by atoms with Crippen LogP contribution in [0, 0.1) is 0 Å². The Bertz CT molecular complexity index is 737. The summed E-state index contributed by atoms with van der Waals surface area (Å²) in [5.41, 5.74) is 2.71. The van der Waals surface area contributed by atoms with Crippen molar-refractivity contribution < 1.29 is 9.53 Å². The highest BCUT2D eigenvalue weighted by Gasteiger charge is 2.18. The SMILES string of the molecule is O=C(OC(Cc1ccccc1)c1ccccc1)c1ccccc1. The van der Waals surface area contributed by atoms with Gasteiger partial charge in [-0.25, -0.2) is 4.79 Å². The molecule has 0 fully saturated rings. The third-order valence-corrected chi connectivity index (χ3v) is 3.69. The maximum absolute atomic E-state index is 12.4. The third-order valence-electron chi connectivity index (χ3n) is 3.69. The summed E-state index contributed by atoms with van der Waals surface area (Å²) in [6.45, 7) is 0. The maximum atomic E-state index is 12.4. The maximum Gasteiger partial charge on any atom is 0.338 e. The van der Waals surface area contributed by atoms with Crippen LogP contribution in [0.25, 0.3) is 0 Å². The van der Waals surface area contributed by atoms with Crippen molar-refractivity contribution in [2.75, 3.05) is 0 Å². The van der Waals surface area contributed by atoms with Gasteiger partial charge in [0.15, 0.2) is 0 Å². The van der Waals surface area contributed by atoms with E-state index >= 15 is 0 Å². The van der Waals surface area contributed by atoms with E-state index in [9.17, 15) is 4.79 Å². The average molecular weight is 302 g/mol. The van der Waals surface area contributed by atoms with E-state index in [1.54, 1.807) is 12.1 Å². The van der Waals surface area contributed by atoms with Crippen LogP contribution in [-0.2, 0) is 11.2 Å². The monoisotopic (exact) mass is 302 g/mol. The van der Waals surface area contributed by atoms with E-state index in [0.29, 0.717) is 12.0 Å². The number of hydrogen-bond acceptors (Lipinski definition) is 2. The summed E-state index contributed by atoms with van der Waals surface area (Å²) < 4.78 is 5.79. The van der Waals surface area contributed by atoms with Gasteiger partial charge in [-0.15, -0.1) is 0 Å². The minimum Gasteiger partial charge on any atom is -0.454 e. The lowest BCUT2D eigenvalue weighted by atomic mass is 10.0. The first-order valence-electron chi connectivity index (χ1n) is 7.68. The van der Waals surface area contributed by atoms with Crippen LogP contribution in [0.4, 0.5) is 0 Å². The van der Waals surface area contributed by atoms with Gasteiger partial charge in [0.1, 0.15) is 6.10 Å². The molecule has 0 spiro atoms. The van der Waals surface area contributed by atoms with E-state index in [4.69, 9.17) is 4.74 Å². The van der Waals surface area contributed by atoms with E-state index in [1.807, 2.05) is 78.9 Å². The van der Waals surface area contributed by atoms with Gasteiger partial charge in [-0.2, -0.15) is 0 Å². The van der Waals surface area contributed by atoms with Crippen LogP contribution in [0.1, 0.15) is 27.6 Å². The van der Waals surface area contributed by atoms with Gasteiger partial charge in [0.25, 0.3) is 0 Å². The first-order valence-corrected chi connectivity index (χ1v) is 7.68. The van der Waals surface area contributed by atoms with Gasteiger partial charge in [0, 0.05) is 6.42 Å². The molecule has 2 nitrogen and oxygen atoms in total. The van der Waals surface area contributed by atoms with Crippen LogP contribution in [0.2, 0.25) is 0 Å². The Morgan fingerprint density at radius 3 is 1.87 bits per heavy atom. The second-order valence-corrected chi connectivity index (χ2v) is 5.36. The molecule has 0 aliphatic rings. The summed E-state index contributed by atoms with van der Waals surface area (Å²) in [7, 11) is 0. The Morgan fingerprint density at radius 2 is 1.26 bits per heavy atom. The predicted octanol–water partition coefficient (Wildman–Crippen LogP) is 4.83. The van der Waals surface area contributed by atoms with Gasteiger partial charge in [0.05, 0.1) is 5.56 Å². The van der Waals surface area contributed by atoms with Crippen LogP contribution in [0.3, 0.4) is 0 Å². The number of ether oxygens (including phenoxy) is 1. The molecule has 3 aromatic rings. The molecule has 0 aliphatic carbocycles. The molecule has 0 bridgehead atoms. The number of carbonyl (C=O) groups excluding carboxylic acids is 1. The first-order chi connectivity index (χ1) is 11.3. The molecule has 3 rings (SSSR count). The van der Waals surface area contributed by atoms with Crippen molar-refractivity contribution in [1.29, 1.82) is 0 Å². The van der Waals surface area contributed by atoms with Gasteiger partial charge in [0.2, 0.25) is 0 Å². The molecule has 23 heavy (non-hydrogen) atoms. The van der Waals surface area contributed by atoms with Crippen molar-refractivity contribution in [1.82, 2.24) is 0 Å². The van der Waals surface area contributed by atoms with Crippen LogP contribution < -0.4 is 0 Å². The fraction of sp³-hybridized carbons (Fsp3) is 0.0952. The van der Waals surface area contributed by atoms with Crippen molar-refractivity contribution in [2.45, 2.75) is 12.5 Å². The molecule has 2 heteroatoms. The van der Waals surface area contributed by atoms with Gasteiger partial charge in [-0.3, -0.25) is 0 Å². The summed E-state index contributed by atoms with van der Waals surface area (Å²) in [5, 5.41) is 0. The number of carbonyl (C=O) groups is 1. The average Bonchev–Trinajstić information content (AvgIpc) is 2.63. The zero-order valence-corrected chi connectivity index (χ0v) is 12.8. The summed E-state index contributed by atoms with van der Waals surface area (Å²) in [5.74, 6) is -0.296. The third kappa shape index (κ3) is 4.07. The van der Waals surface area contributed by atoms with Gasteiger partial charge in [-0.1, -0.05) is 78.9 Å². The summed E-state index contributed by atoms with van der Waals surface area (Å²) in [6, 6.07) is 29.0. The Hall–Kier alpha value is -2.87. The van der Waals surface area contributed by atoms with E-state index < -0.39 is 0 Å². The zero-order chi connectivity index (χ0) is 15.9. The molecule has 0 aliphatic heterocycles. The smallest absolute Gasteiger partial charge is 0.338 e. The van der Waals surface area contributed by atoms with Gasteiger partial charge < -0.3 is 4.74 Å². The standard InChI is InChI=1S/C21H18O2/c22-21(19-14-8-3-9-15-19)23-20(18-12-6-2-7-13-18)16-17-10-4-1-5-11-17/h1-15,20H,16H2. The largest absolute Gasteiger partial charge is 0.454 e. The Morgan fingerprint density at radius 1 is 0.739 bits per heavy atom. The molecule has 0 N–H and O–H groups in total. The first kappa shape index (κ1) is 15.0. The quantitative estimate of drug-likeness (QED) is 0.631. The zero-order valence-electron chi connectivity index (χ0n) is 12.8. The minimum atomic E-state index is -0.300. The number of hydrogen-bond donors (Lipinski definition) is 0. The second kappa shape index (κ2) is 7.41. The summed E-state index contributed by atoms with van der Waals surface area (Å²) in [6.07, 6.45) is 0.356. The highest BCUT2D eigenvalue weighted by Crippen LogP contribution is 2.23. The Balaban J connectivity index is 1.82. The normalized spacial score (nSPS) is 11.7. The van der Waals surface area contributed by atoms with Crippen LogP contribution in [-0.4, -0.2) is 5.97 Å². The van der Waals surface area contributed by atoms with E-state index in [0.717, 1.165) is 11.1 Å². The minimum absolute atomic E-state index is 0.296. The Kier molecular flexibility index (Phi) is 4.85. The lowest BCUT2D eigenvalue weighted by molar-refractivity contribution is 0.0297. The van der Waals surface area contributed by atoms with Crippen molar-refractivity contribution in [3.8, 4) is 0 Å². The van der Waals surface area contributed by atoms with E-state index in [1.165, 1.54) is 0 Å². The Labute approximate surface area is 136 Å². The molecular weight excluding hydrogens is 284 g/mol. The highest BCUT2D eigenvalue weighted by molar-refractivity contribution is 5.89. The van der Waals surface area contributed by atoms with Crippen LogP contribution in [0.15, 0.2) is 91.0 Å². The molecule has 114 valence electrons. The molecule has 0 saturated carbocycles. The fourth-order valence-corrected chi connectivity index (χ4v) is 2.49. The molecule has 3 aromatic carbocycles. The topological polar surface area (TPSA) is 26.3 Å². The lowest BCUT2D eigenvalue weighted by Crippen LogP contribution is -2.14. The molecule has 1 unspecified atom stereocenters. The van der Waals surface area contributed by atoms with E-state index in [-0.39, 0.29) is 12.1 Å². The van der Waals surface area contributed by atoms with Crippen LogP contribution >= 0.6 is 0 Å². The molecule has 0 saturated heterocycles. The van der Waals surface area contributed by atoms with Crippen molar-refractivity contribution >= 4 is 5.97 Å². The molecular formula is C21H18O2. The number of esters is 1. The lowest BCUT2D eigenvalue weighted by Gasteiger charge is -2.18. The summed E-state index contributed by atoms with van der Waals surface area (Å²) in [4.78, 5) is 12.4. The summed E-state index contributed by atoms with van der Waals surface area (Å²) >= 11 is 0. The van der Waals surface area contributed by atoms with Crippen molar-refractivity contribution in [3.63, 3.8) is 0 Å². The molecule has 0 aromatic heterocycles. The predicted molar refractivity (Wildman–Crippen MR) is 91.2 cm³/mol. The number of benzene rings is 3. The van der Waals surface area contributed by atoms with E-state index in [2.05, 4.69) is 0 Å². The second-order valence-electron chi connectivity index (χ2n) is 5.36. The van der Waals surface area contributed by atoms with Gasteiger partial charge >= 0.3 is 5.97 Å². The van der Waals surface area contributed by atoms with Crippen LogP contribution in [0.5, 0.6) is 0 Å². The molecule has 0 heterocycles.